The van der Waals surface area contributed by atoms with Crippen molar-refractivity contribution in [2.45, 2.75) is 19.6 Å². The third-order valence-corrected chi connectivity index (χ3v) is 2.70. The van der Waals surface area contributed by atoms with Gasteiger partial charge in [0.2, 0.25) is 0 Å². The number of halogens is 3. The zero-order valence-electron chi connectivity index (χ0n) is 10.6. The molecule has 1 aromatic heterocycles. The van der Waals surface area contributed by atoms with Crippen molar-refractivity contribution < 1.29 is 22.4 Å². The molecular formula is C14H12F3NO2. The molecule has 0 aliphatic carbocycles. The van der Waals surface area contributed by atoms with Gasteiger partial charge in [-0.05, 0) is 36.8 Å². The second kappa shape index (κ2) is 5.40. The average molecular weight is 283 g/mol. The van der Waals surface area contributed by atoms with Crippen LogP contribution in [-0.4, -0.2) is 5.91 Å². The molecule has 1 aromatic carbocycles. The van der Waals surface area contributed by atoms with Crippen molar-refractivity contribution in [3.8, 4) is 0 Å². The molecule has 20 heavy (non-hydrogen) atoms. The molecule has 0 saturated carbocycles. The SMILES string of the molecule is Cc1ccc(C(=O)NCc2ccc(C(F)(F)F)cc2)o1. The highest BCUT2D eigenvalue weighted by atomic mass is 19.4. The molecule has 0 aliphatic rings. The van der Waals surface area contributed by atoms with Crippen LogP contribution in [0.3, 0.4) is 0 Å². The van der Waals surface area contributed by atoms with Crippen LogP contribution in [0, 0.1) is 6.92 Å². The highest BCUT2D eigenvalue weighted by molar-refractivity contribution is 5.91. The van der Waals surface area contributed by atoms with Gasteiger partial charge < -0.3 is 9.73 Å². The predicted molar refractivity (Wildman–Crippen MR) is 66.1 cm³/mol. The smallest absolute Gasteiger partial charge is 0.416 e. The Labute approximate surface area is 113 Å². The second-order valence-corrected chi connectivity index (χ2v) is 4.29. The lowest BCUT2D eigenvalue weighted by Gasteiger charge is -2.08. The summed E-state index contributed by atoms with van der Waals surface area (Å²) < 4.78 is 42.3. The Morgan fingerprint density at radius 3 is 2.30 bits per heavy atom. The number of amides is 1. The van der Waals surface area contributed by atoms with E-state index in [-0.39, 0.29) is 12.3 Å². The highest BCUT2D eigenvalue weighted by Gasteiger charge is 2.29. The molecule has 1 N–H and O–H groups in total. The van der Waals surface area contributed by atoms with Gasteiger partial charge >= 0.3 is 6.18 Å². The summed E-state index contributed by atoms with van der Waals surface area (Å²) in [4.78, 5) is 11.7. The minimum absolute atomic E-state index is 0.136. The van der Waals surface area contributed by atoms with Crippen molar-refractivity contribution in [1.29, 1.82) is 0 Å². The Balaban J connectivity index is 1.96. The van der Waals surface area contributed by atoms with E-state index in [9.17, 15) is 18.0 Å². The largest absolute Gasteiger partial charge is 0.456 e. The Bertz CT molecular complexity index is 600. The van der Waals surface area contributed by atoms with E-state index in [2.05, 4.69) is 5.32 Å². The molecule has 0 bridgehead atoms. The summed E-state index contributed by atoms with van der Waals surface area (Å²) in [6.07, 6.45) is -4.35. The van der Waals surface area contributed by atoms with E-state index in [0.717, 1.165) is 12.1 Å². The summed E-state index contributed by atoms with van der Waals surface area (Å²) in [5, 5.41) is 2.57. The van der Waals surface area contributed by atoms with Gasteiger partial charge in [0.05, 0.1) is 5.56 Å². The maximum atomic E-state index is 12.4. The number of hydrogen-bond acceptors (Lipinski definition) is 2. The van der Waals surface area contributed by atoms with Crippen LogP contribution in [0.2, 0.25) is 0 Å². The summed E-state index contributed by atoms with van der Waals surface area (Å²) in [6, 6.07) is 7.83. The molecule has 2 rings (SSSR count). The molecule has 1 amide bonds. The van der Waals surface area contributed by atoms with Gasteiger partial charge in [-0.25, -0.2) is 0 Å². The van der Waals surface area contributed by atoms with E-state index in [1.807, 2.05) is 0 Å². The molecule has 6 heteroatoms. The molecular weight excluding hydrogens is 271 g/mol. The fourth-order valence-corrected chi connectivity index (χ4v) is 1.64. The number of carbonyl (C=O) groups is 1. The quantitative estimate of drug-likeness (QED) is 0.936. The molecule has 1 heterocycles. The Hall–Kier alpha value is -2.24. The molecule has 3 nitrogen and oxygen atoms in total. The Kier molecular flexibility index (Phi) is 3.83. The minimum atomic E-state index is -4.35. The molecule has 0 fully saturated rings. The molecule has 2 aromatic rings. The van der Waals surface area contributed by atoms with Crippen LogP contribution in [0.15, 0.2) is 40.8 Å². The third-order valence-electron chi connectivity index (χ3n) is 2.70. The first kappa shape index (κ1) is 14.2. The van der Waals surface area contributed by atoms with Crippen LogP contribution in [0.1, 0.15) is 27.4 Å². The maximum absolute atomic E-state index is 12.4. The van der Waals surface area contributed by atoms with Gasteiger partial charge in [0.15, 0.2) is 5.76 Å². The number of nitrogens with one attached hydrogen (secondary N) is 1. The van der Waals surface area contributed by atoms with E-state index in [1.54, 1.807) is 13.0 Å². The van der Waals surface area contributed by atoms with Crippen molar-refractivity contribution in [2.24, 2.45) is 0 Å². The number of rotatable bonds is 3. The molecule has 0 saturated heterocycles. The first-order chi connectivity index (χ1) is 9.36. The van der Waals surface area contributed by atoms with Crippen molar-refractivity contribution in [3.05, 3.63) is 59.0 Å². The number of aryl methyl sites for hydroxylation is 1. The number of benzene rings is 1. The van der Waals surface area contributed by atoms with E-state index in [4.69, 9.17) is 4.42 Å². The van der Waals surface area contributed by atoms with Crippen molar-refractivity contribution in [3.63, 3.8) is 0 Å². The van der Waals surface area contributed by atoms with Crippen LogP contribution in [-0.2, 0) is 12.7 Å². The van der Waals surface area contributed by atoms with Crippen LogP contribution < -0.4 is 5.32 Å². The topological polar surface area (TPSA) is 42.2 Å². The summed E-state index contributed by atoms with van der Waals surface area (Å²) >= 11 is 0. The predicted octanol–water partition coefficient (Wildman–Crippen LogP) is 3.54. The number of hydrogen-bond donors (Lipinski definition) is 1. The van der Waals surface area contributed by atoms with Gasteiger partial charge in [0.1, 0.15) is 5.76 Å². The summed E-state index contributed by atoms with van der Waals surface area (Å²) in [5.41, 5.74) is -0.135. The van der Waals surface area contributed by atoms with E-state index in [1.165, 1.54) is 18.2 Å². The summed E-state index contributed by atoms with van der Waals surface area (Å²) in [5.74, 6) is 0.386. The van der Waals surface area contributed by atoms with Crippen LogP contribution >= 0.6 is 0 Å². The average Bonchev–Trinajstić information content (AvgIpc) is 2.82. The fourth-order valence-electron chi connectivity index (χ4n) is 1.64. The van der Waals surface area contributed by atoms with Gasteiger partial charge in [0.25, 0.3) is 5.91 Å². The number of furan rings is 1. The third kappa shape index (κ3) is 3.40. The Morgan fingerprint density at radius 2 is 1.80 bits per heavy atom. The fraction of sp³-hybridized carbons (Fsp3) is 0.214. The number of alkyl halides is 3. The van der Waals surface area contributed by atoms with Crippen LogP contribution in [0.25, 0.3) is 0 Å². The monoisotopic (exact) mass is 283 g/mol. The second-order valence-electron chi connectivity index (χ2n) is 4.29. The molecule has 0 atom stereocenters. The van der Waals surface area contributed by atoms with Crippen molar-refractivity contribution in [2.75, 3.05) is 0 Å². The maximum Gasteiger partial charge on any atom is 0.416 e. The zero-order valence-corrected chi connectivity index (χ0v) is 10.6. The molecule has 0 unspecified atom stereocenters. The normalized spacial score (nSPS) is 11.4. The van der Waals surface area contributed by atoms with Gasteiger partial charge in [-0.1, -0.05) is 12.1 Å². The van der Waals surface area contributed by atoms with E-state index >= 15 is 0 Å². The van der Waals surface area contributed by atoms with Gasteiger partial charge in [-0.15, -0.1) is 0 Å². The van der Waals surface area contributed by atoms with Crippen molar-refractivity contribution >= 4 is 5.91 Å². The lowest BCUT2D eigenvalue weighted by molar-refractivity contribution is -0.137. The summed E-state index contributed by atoms with van der Waals surface area (Å²) in [6.45, 7) is 1.85. The van der Waals surface area contributed by atoms with Crippen molar-refractivity contribution in [1.82, 2.24) is 5.32 Å². The van der Waals surface area contributed by atoms with Gasteiger partial charge in [-0.3, -0.25) is 4.79 Å². The highest BCUT2D eigenvalue weighted by Crippen LogP contribution is 2.29. The molecule has 0 spiro atoms. The first-order valence-corrected chi connectivity index (χ1v) is 5.87. The summed E-state index contributed by atoms with van der Waals surface area (Å²) in [7, 11) is 0. The zero-order chi connectivity index (χ0) is 14.8. The first-order valence-electron chi connectivity index (χ1n) is 5.87. The lowest BCUT2D eigenvalue weighted by Crippen LogP contribution is -2.22. The van der Waals surface area contributed by atoms with Crippen LogP contribution in [0.5, 0.6) is 0 Å². The van der Waals surface area contributed by atoms with Gasteiger partial charge in [-0.2, -0.15) is 13.2 Å². The van der Waals surface area contributed by atoms with E-state index < -0.39 is 17.6 Å². The minimum Gasteiger partial charge on any atom is -0.456 e. The molecule has 106 valence electrons. The van der Waals surface area contributed by atoms with Gasteiger partial charge in [0, 0.05) is 6.54 Å². The molecule has 0 radical (unpaired) electrons. The molecule has 0 aliphatic heterocycles. The van der Waals surface area contributed by atoms with E-state index in [0.29, 0.717) is 11.3 Å². The Morgan fingerprint density at radius 1 is 1.15 bits per heavy atom. The standard InChI is InChI=1S/C14H12F3NO2/c1-9-2-7-12(20-9)13(19)18-8-10-3-5-11(6-4-10)14(15,16)17/h2-7H,8H2,1H3,(H,18,19). The number of carbonyl (C=O) groups excluding carboxylic acids is 1. The van der Waals surface area contributed by atoms with Crippen LogP contribution in [0.4, 0.5) is 13.2 Å². The lowest BCUT2D eigenvalue weighted by atomic mass is 10.1.